The highest BCUT2D eigenvalue weighted by Gasteiger charge is 2.16. The predicted molar refractivity (Wildman–Crippen MR) is 108 cm³/mol. The molecule has 0 aliphatic rings. The molecule has 3 aromatic rings. The van der Waals surface area contributed by atoms with Gasteiger partial charge in [-0.2, -0.15) is 0 Å². The van der Waals surface area contributed by atoms with Crippen LogP contribution in [-0.2, 0) is 10.0 Å². The summed E-state index contributed by atoms with van der Waals surface area (Å²) in [6.07, 6.45) is 2.90. The van der Waals surface area contributed by atoms with Gasteiger partial charge in [0.15, 0.2) is 5.84 Å². The molecule has 2 heterocycles. The molecule has 29 heavy (non-hydrogen) atoms. The molecule has 10 nitrogen and oxygen atoms in total. The zero-order valence-corrected chi connectivity index (χ0v) is 16.8. The summed E-state index contributed by atoms with van der Waals surface area (Å²) in [5.74, 6) is 0.445. The van der Waals surface area contributed by atoms with Crippen LogP contribution in [-0.4, -0.2) is 41.3 Å². The van der Waals surface area contributed by atoms with Crippen LogP contribution in [0.2, 0.25) is 0 Å². The molecule has 0 aliphatic carbocycles. The number of hydrogen-bond acceptors (Lipinski definition) is 8. The molecular weight excluding hydrogens is 394 g/mol. The number of amidine groups is 1. The summed E-state index contributed by atoms with van der Waals surface area (Å²) in [4.78, 5) is 20.6. The van der Waals surface area contributed by atoms with E-state index in [0.29, 0.717) is 28.6 Å². The summed E-state index contributed by atoms with van der Waals surface area (Å²) in [5, 5.41) is 0. The smallest absolute Gasteiger partial charge is 0.264 e. The lowest BCUT2D eigenvalue weighted by Gasteiger charge is -2.08. The van der Waals surface area contributed by atoms with E-state index in [0.717, 1.165) is 0 Å². The Morgan fingerprint density at radius 2 is 1.72 bits per heavy atom. The van der Waals surface area contributed by atoms with Crippen molar-refractivity contribution >= 4 is 27.5 Å². The summed E-state index contributed by atoms with van der Waals surface area (Å²) in [7, 11) is -2.38. The summed E-state index contributed by atoms with van der Waals surface area (Å²) in [6, 6.07) is 7.62. The Hall–Kier alpha value is -3.60. The molecule has 1 aromatic carbocycles. The molecule has 0 spiro atoms. The number of aryl methyl sites for hydroxylation is 2. The molecule has 150 valence electrons. The second-order valence-electron chi connectivity index (χ2n) is 6.02. The molecule has 2 aromatic heterocycles. The lowest BCUT2D eigenvalue weighted by molar-refractivity contribution is 0.395. The summed E-state index contributed by atoms with van der Waals surface area (Å²) >= 11 is 0. The highest BCUT2D eigenvalue weighted by atomic mass is 32.2. The molecule has 0 unspecified atom stereocenters. The van der Waals surface area contributed by atoms with E-state index in [1.807, 2.05) is 0 Å². The average molecular weight is 413 g/mol. The number of nitrogens with two attached hydrogens (primary N) is 1. The minimum Gasteiger partial charge on any atom is -0.480 e. The summed E-state index contributed by atoms with van der Waals surface area (Å²) < 4.78 is 32.5. The fourth-order valence-corrected chi connectivity index (χ4v) is 3.36. The summed E-state index contributed by atoms with van der Waals surface area (Å²) in [5.41, 5.74) is 8.07. The van der Waals surface area contributed by atoms with Gasteiger partial charge in [-0.1, -0.05) is 0 Å². The van der Waals surface area contributed by atoms with Crippen molar-refractivity contribution in [3.05, 3.63) is 59.8 Å². The minimum atomic E-state index is -3.85. The topological polar surface area (TPSA) is 145 Å². The van der Waals surface area contributed by atoms with Crippen molar-refractivity contribution < 1.29 is 13.2 Å². The predicted octanol–water partition coefficient (Wildman–Crippen LogP) is 1.73. The number of aromatic nitrogens is 4. The van der Waals surface area contributed by atoms with Crippen LogP contribution in [0.15, 0.2) is 52.6 Å². The first-order valence-corrected chi connectivity index (χ1v) is 9.91. The zero-order chi connectivity index (χ0) is 21.0. The van der Waals surface area contributed by atoms with E-state index in [1.165, 1.54) is 43.8 Å². The quantitative estimate of drug-likeness (QED) is 0.459. The van der Waals surface area contributed by atoms with E-state index in [1.54, 1.807) is 19.9 Å². The molecule has 0 saturated heterocycles. The van der Waals surface area contributed by atoms with Crippen molar-refractivity contribution in [2.24, 2.45) is 10.7 Å². The Balaban J connectivity index is 1.81. The normalized spacial score (nSPS) is 11.9. The largest absolute Gasteiger partial charge is 0.480 e. The van der Waals surface area contributed by atoms with Crippen molar-refractivity contribution in [3.8, 4) is 5.88 Å². The maximum Gasteiger partial charge on any atom is 0.264 e. The van der Waals surface area contributed by atoms with Gasteiger partial charge in [0.2, 0.25) is 11.8 Å². The molecule has 3 rings (SSSR count). The van der Waals surface area contributed by atoms with Gasteiger partial charge < -0.3 is 10.5 Å². The Labute approximate surface area is 168 Å². The van der Waals surface area contributed by atoms with Crippen LogP contribution in [0.1, 0.15) is 17.1 Å². The van der Waals surface area contributed by atoms with Gasteiger partial charge in [0, 0.05) is 11.4 Å². The maximum atomic E-state index is 12.6. The molecule has 0 radical (unpaired) electrons. The minimum absolute atomic E-state index is 0.0189. The number of methoxy groups -OCH3 is 1. The number of nitrogens with zero attached hydrogens (tertiary/aromatic N) is 5. The highest BCUT2D eigenvalue weighted by molar-refractivity contribution is 7.92. The van der Waals surface area contributed by atoms with E-state index in [-0.39, 0.29) is 16.7 Å². The van der Waals surface area contributed by atoms with Crippen LogP contribution < -0.4 is 15.2 Å². The van der Waals surface area contributed by atoms with Crippen molar-refractivity contribution in [1.82, 2.24) is 19.9 Å². The molecule has 3 N–H and O–H groups in total. The Morgan fingerprint density at radius 1 is 1.07 bits per heavy atom. The fraction of sp³-hybridized carbons (Fsp3) is 0.167. The van der Waals surface area contributed by atoms with Crippen molar-refractivity contribution in [3.63, 3.8) is 0 Å². The fourth-order valence-electron chi connectivity index (χ4n) is 2.42. The zero-order valence-electron chi connectivity index (χ0n) is 16.0. The van der Waals surface area contributed by atoms with Crippen molar-refractivity contribution in [2.45, 2.75) is 18.7 Å². The van der Waals surface area contributed by atoms with Crippen LogP contribution in [0.5, 0.6) is 5.88 Å². The number of sulfonamides is 1. The molecule has 0 amide bonds. The van der Waals surface area contributed by atoms with E-state index in [9.17, 15) is 8.42 Å². The van der Waals surface area contributed by atoms with Gasteiger partial charge in [-0.15, -0.1) is 0 Å². The number of aliphatic imine (C=N–C) groups is 1. The number of rotatable bonds is 6. The molecule has 11 heteroatoms. The first-order chi connectivity index (χ1) is 13.8. The number of benzene rings is 1. The van der Waals surface area contributed by atoms with Gasteiger partial charge in [-0.3, -0.25) is 4.98 Å². The van der Waals surface area contributed by atoms with Gasteiger partial charge in [0.25, 0.3) is 10.0 Å². The molecule has 0 atom stereocenters. The van der Waals surface area contributed by atoms with Gasteiger partial charge >= 0.3 is 0 Å². The SMILES string of the molecule is COc1cncc(C(N)=Nc2ccc(S(=O)(=O)Nc3nc(C)cc(C)n3)cc2)n1. The van der Waals surface area contributed by atoms with Crippen LogP contribution in [0.4, 0.5) is 11.6 Å². The second-order valence-corrected chi connectivity index (χ2v) is 7.70. The molecule has 0 bridgehead atoms. The van der Waals surface area contributed by atoms with Crippen LogP contribution >= 0.6 is 0 Å². The first kappa shape index (κ1) is 20.1. The van der Waals surface area contributed by atoms with Gasteiger partial charge in [0.1, 0.15) is 5.69 Å². The lowest BCUT2D eigenvalue weighted by Crippen LogP contribution is -2.16. The van der Waals surface area contributed by atoms with E-state index in [4.69, 9.17) is 10.5 Å². The highest BCUT2D eigenvalue weighted by Crippen LogP contribution is 2.19. The number of ether oxygens (including phenoxy) is 1. The molecule has 0 saturated carbocycles. The average Bonchev–Trinajstić information content (AvgIpc) is 2.67. The molecular formula is C18H19N7O3S. The monoisotopic (exact) mass is 413 g/mol. The summed E-state index contributed by atoms with van der Waals surface area (Å²) in [6.45, 7) is 3.52. The third-order valence-corrected chi connectivity index (χ3v) is 5.03. The van der Waals surface area contributed by atoms with Crippen LogP contribution in [0.25, 0.3) is 0 Å². The molecule has 0 fully saturated rings. The lowest BCUT2D eigenvalue weighted by atomic mass is 10.3. The maximum absolute atomic E-state index is 12.6. The van der Waals surface area contributed by atoms with Crippen LogP contribution in [0.3, 0.4) is 0 Å². The van der Waals surface area contributed by atoms with Crippen LogP contribution in [0, 0.1) is 13.8 Å². The Morgan fingerprint density at radius 3 is 2.34 bits per heavy atom. The standard InChI is InChI=1S/C18H19N7O3S/c1-11-8-12(2)22-18(21-11)25-29(26,27)14-6-4-13(5-7-14)23-17(19)15-9-20-10-16(24-15)28-3/h4-10H,1-3H3,(H2,19,23)(H,21,22,25). The van der Waals surface area contributed by atoms with E-state index >= 15 is 0 Å². The van der Waals surface area contributed by atoms with Gasteiger partial charge in [-0.25, -0.2) is 33.1 Å². The van der Waals surface area contributed by atoms with E-state index < -0.39 is 10.0 Å². The number of nitrogens with one attached hydrogen (secondary N) is 1. The van der Waals surface area contributed by atoms with Crippen molar-refractivity contribution in [2.75, 3.05) is 11.8 Å². The second kappa shape index (κ2) is 8.19. The van der Waals surface area contributed by atoms with Crippen molar-refractivity contribution in [1.29, 1.82) is 0 Å². The Bertz CT molecular complexity index is 1140. The molecule has 0 aliphatic heterocycles. The van der Waals surface area contributed by atoms with E-state index in [2.05, 4.69) is 29.7 Å². The number of anilines is 1. The van der Waals surface area contributed by atoms with Gasteiger partial charge in [0.05, 0.1) is 30.1 Å². The third-order valence-electron chi connectivity index (χ3n) is 3.69. The van der Waals surface area contributed by atoms with Gasteiger partial charge in [-0.05, 0) is 44.2 Å². The first-order valence-electron chi connectivity index (χ1n) is 8.42. The number of hydrogen-bond donors (Lipinski definition) is 2. The Kier molecular flexibility index (Phi) is 5.69. The third kappa shape index (κ3) is 5.02.